The fraction of sp³-hybridized carbons (Fsp3) is 0.235. The van der Waals surface area contributed by atoms with E-state index in [4.69, 9.17) is 0 Å². The van der Waals surface area contributed by atoms with Gasteiger partial charge in [-0.1, -0.05) is 36.0 Å². The molecule has 0 saturated carbocycles. The molecule has 1 heterocycles. The van der Waals surface area contributed by atoms with Crippen molar-refractivity contribution in [1.82, 2.24) is 4.90 Å². The topological polar surface area (TPSA) is 23.6 Å². The van der Waals surface area contributed by atoms with Crippen LogP contribution in [-0.2, 0) is 0 Å². The van der Waals surface area contributed by atoms with Crippen LogP contribution in [0.15, 0.2) is 58.3 Å². The number of fused-ring (bicyclic) bond motifs is 2. The van der Waals surface area contributed by atoms with E-state index >= 15 is 0 Å². The standard InChI is InChI=1S/C17H18N2OS/c1-3-18(4-2)17(20)19-13-9-5-7-11-15(13)21-16-12-8-6-10-14(16)19/h5-12H,3-4H2,1-2H3. The summed E-state index contributed by atoms with van der Waals surface area (Å²) in [4.78, 5) is 18.9. The number of para-hydroxylation sites is 2. The Kier molecular flexibility index (Phi) is 3.88. The molecule has 0 radical (unpaired) electrons. The molecule has 0 saturated heterocycles. The number of benzene rings is 2. The van der Waals surface area contributed by atoms with Gasteiger partial charge in [0, 0.05) is 22.9 Å². The zero-order chi connectivity index (χ0) is 14.8. The van der Waals surface area contributed by atoms with Crippen LogP contribution in [0.2, 0.25) is 0 Å². The van der Waals surface area contributed by atoms with Crippen molar-refractivity contribution in [1.29, 1.82) is 0 Å². The smallest absolute Gasteiger partial charge is 0.325 e. The Balaban J connectivity index is 2.12. The summed E-state index contributed by atoms with van der Waals surface area (Å²) in [5.41, 5.74) is 1.94. The van der Waals surface area contributed by atoms with Gasteiger partial charge in [-0.3, -0.25) is 4.90 Å². The van der Waals surface area contributed by atoms with E-state index in [0.29, 0.717) is 13.1 Å². The highest BCUT2D eigenvalue weighted by Gasteiger charge is 2.29. The van der Waals surface area contributed by atoms with Crippen LogP contribution >= 0.6 is 11.8 Å². The lowest BCUT2D eigenvalue weighted by Gasteiger charge is -2.34. The fourth-order valence-electron chi connectivity index (χ4n) is 2.55. The number of urea groups is 1. The quantitative estimate of drug-likeness (QED) is 0.798. The van der Waals surface area contributed by atoms with Crippen molar-refractivity contribution >= 4 is 29.2 Å². The highest BCUT2D eigenvalue weighted by molar-refractivity contribution is 7.99. The van der Waals surface area contributed by atoms with Crippen LogP contribution in [0.3, 0.4) is 0 Å². The molecule has 0 aliphatic carbocycles. The Morgan fingerprint density at radius 1 is 0.952 bits per heavy atom. The van der Waals surface area contributed by atoms with Gasteiger partial charge in [-0.15, -0.1) is 0 Å². The van der Waals surface area contributed by atoms with Crippen molar-refractivity contribution < 1.29 is 4.79 Å². The summed E-state index contributed by atoms with van der Waals surface area (Å²) in [6.07, 6.45) is 0. The molecule has 0 bridgehead atoms. The molecule has 2 aromatic rings. The zero-order valence-corrected chi connectivity index (χ0v) is 13.1. The van der Waals surface area contributed by atoms with Gasteiger partial charge in [0.1, 0.15) is 0 Å². The third kappa shape index (κ3) is 2.40. The van der Waals surface area contributed by atoms with Crippen LogP contribution in [0, 0.1) is 0 Å². The summed E-state index contributed by atoms with van der Waals surface area (Å²) in [6.45, 7) is 5.45. The Labute approximate surface area is 129 Å². The molecule has 0 atom stereocenters. The Hall–Kier alpha value is -1.94. The van der Waals surface area contributed by atoms with Crippen LogP contribution in [0.25, 0.3) is 0 Å². The third-order valence-corrected chi connectivity index (χ3v) is 4.79. The van der Waals surface area contributed by atoms with Crippen molar-refractivity contribution in [2.75, 3.05) is 18.0 Å². The Morgan fingerprint density at radius 3 is 1.90 bits per heavy atom. The molecule has 0 N–H and O–H groups in total. The van der Waals surface area contributed by atoms with E-state index < -0.39 is 0 Å². The van der Waals surface area contributed by atoms with E-state index in [0.717, 1.165) is 21.2 Å². The number of hydrogen-bond donors (Lipinski definition) is 0. The van der Waals surface area contributed by atoms with E-state index in [1.54, 1.807) is 11.8 Å². The molecule has 2 aromatic carbocycles. The largest absolute Gasteiger partial charge is 0.329 e. The summed E-state index contributed by atoms with van der Waals surface area (Å²) in [5.74, 6) is 0. The number of hydrogen-bond acceptors (Lipinski definition) is 2. The molecule has 2 amide bonds. The minimum atomic E-state index is 0.0419. The minimum absolute atomic E-state index is 0.0419. The fourth-order valence-corrected chi connectivity index (χ4v) is 3.60. The van der Waals surface area contributed by atoms with Crippen molar-refractivity contribution in [2.24, 2.45) is 0 Å². The van der Waals surface area contributed by atoms with Crippen LogP contribution < -0.4 is 4.90 Å². The van der Waals surface area contributed by atoms with Gasteiger partial charge in [-0.2, -0.15) is 0 Å². The van der Waals surface area contributed by atoms with Crippen LogP contribution in [0.5, 0.6) is 0 Å². The number of nitrogens with zero attached hydrogens (tertiary/aromatic N) is 2. The highest BCUT2D eigenvalue weighted by Crippen LogP contribution is 2.48. The first-order chi connectivity index (χ1) is 10.3. The predicted octanol–water partition coefficient (Wildman–Crippen LogP) is 4.75. The Bertz CT molecular complexity index is 622. The summed E-state index contributed by atoms with van der Waals surface area (Å²) in [7, 11) is 0. The number of carbonyl (C=O) groups is 1. The first-order valence-electron chi connectivity index (χ1n) is 7.21. The molecule has 1 aliphatic rings. The van der Waals surface area contributed by atoms with E-state index in [1.165, 1.54) is 0 Å². The molecular formula is C17H18N2OS. The van der Waals surface area contributed by atoms with Gasteiger partial charge in [0.25, 0.3) is 0 Å². The van der Waals surface area contributed by atoms with E-state index in [2.05, 4.69) is 12.1 Å². The second-order valence-corrected chi connectivity index (χ2v) is 5.91. The number of carbonyl (C=O) groups excluding carboxylic acids is 1. The zero-order valence-electron chi connectivity index (χ0n) is 12.2. The highest BCUT2D eigenvalue weighted by atomic mass is 32.2. The minimum Gasteiger partial charge on any atom is -0.325 e. The molecule has 0 unspecified atom stereocenters. The molecule has 1 aliphatic heterocycles. The number of rotatable bonds is 2. The summed E-state index contributed by atoms with van der Waals surface area (Å²) < 4.78 is 0. The van der Waals surface area contributed by atoms with E-state index in [-0.39, 0.29) is 6.03 Å². The summed E-state index contributed by atoms with van der Waals surface area (Å²) >= 11 is 1.72. The first kappa shape index (κ1) is 14.0. The molecule has 0 fully saturated rings. The predicted molar refractivity (Wildman–Crippen MR) is 87.5 cm³/mol. The van der Waals surface area contributed by atoms with Gasteiger partial charge in [0.05, 0.1) is 11.4 Å². The first-order valence-corrected chi connectivity index (χ1v) is 8.02. The van der Waals surface area contributed by atoms with Gasteiger partial charge >= 0.3 is 6.03 Å². The molecule has 3 nitrogen and oxygen atoms in total. The van der Waals surface area contributed by atoms with E-state index in [1.807, 2.05) is 60.0 Å². The van der Waals surface area contributed by atoms with Gasteiger partial charge in [0.15, 0.2) is 0 Å². The molecule has 0 aromatic heterocycles. The summed E-state index contributed by atoms with van der Waals surface area (Å²) in [6, 6.07) is 16.2. The van der Waals surface area contributed by atoms with Crippen LogP contribution in [-0.4, -0.2) is 24.0 Å². The second kappa shape index (κ2) is 5.82. The lowest BCUT2D eigenvalue weighted by molar-refractivity contribution is 0.212. The molecular weight excluding hydrogens is 280 g/mol. The van der Waals surface area contributed by atoms with Crippen molar-refractivity contribution in [3.05, 3.63) is 48.5 Å². The van der Waals surface area contributed by atoms with E-state index in [9.17, 15) is 4.79 Å². The maximum atomic E-state index is 12.9. The maximum Gasteiger partial charge on any atom is 0.329 e. The Morgan fingerprint density at radius 2 is 1.43 bits per heavy atom. The van der Waals surface area contributed by atoms with Crippen molar-refractivity contribution in [3.63, 3.8) is 0 Å². The second-order valence-electron chi connectivity index (χ2n) is 4.83. The lowest BCUT2D eigenvalue weighted by atomic mass is 10.2. The average Bonchev–Trinajstić information content (AvgIpc) is 2.53. The van der Waals surface area contributed by atoms with Gasteiger partial charge in [-0.25, -0.2) is 4.79 Å². The maximum absolute atomic E-state index is 12.9. The molecule has 4 heteroatoms. The number of amides is 2. The van der Waals surface area contributed by atoms with Crippen molar-refractivity contribution in [3.8, 4) is 0 Å². The van der Waals surface area contributed by atoms with Gasteiger partial charge in [0.2, 0.25) is 0 Å². The van der Waals surface area contributed by atoms with Crippen LogP contribution in [0.4, 0.5) is 16.2 Å². The summed E-state index contributed by atoms with van der Waals surface area (Å²) in [5, 5.41) is 0. The molecule has 21 heavy (non-hydrogen) atoms. The third-order valence-electron chi connectivity index (χ3n) is 3.66. The SMILES string of the molecule is CCN(CC)C(=O)N1c2ccccc2Sc2ccccc21. The molecule has 0 spiro atoms. The molecule has 108 valence electrons. The normalized spacial score (nSPS) is 12.6. The van der Waals surface area contributed by atoms with Crippen molar-refractivity contribution in [2.45, 2.75) is 23.6 Å². The average molecular weight is 298 g/mol. The van der Waals surface area contributed by atoms with Gasteiger partial charge in [-0.05, 0) is 38.1 Å². The lowest BCUT2D eigenvalue weighted by Crippen LogP contribution is -2.41. The number of anilines is 2. The molecule has 3 rings (SSSR count). The van der Waals surface area contributed by atoms with Crippen LogP contribution in [0.1, 0.15) is 13.8 Å². The monoisotopic (exact) mass is 298 g/mol. The van der Waals surface area contributed by atoms with Gasteiger partial charge < -0.3 is 4.90 Å².